The third kappa shape index (κ3) is 40.2. The minimum Gasteiger partial charge on any atom is -0.458 e. The van der Waals surface area contributed by atoms with Crippen LogP contribution in [0.3, 0.4) is 0 Å². The van der Waals surface area contributed by atoms with Crippen LogP contribution in [-0.4, -0.2) is 49.3 Å². The Kier molecular flexibility index (Phi) is 40.0. The summed E-state index contributed by atoms with van der Waals surface area (Å²) in [6, 6.07) is 0. The van der Waals surface area contributed by atoms with Crippen molar-refractivity contribution in [1.82, 2.24) is 0 Å². The van der Waals surface area contributed by atoms with Crippen molar-refractivity contribution in [2.24, 2.45) is 5.73 Å². The maximum absolute atomic E-state index is 12.6. The number of carbonyl (C=O) groups excluding carboxylic acids is 2. The Morgan fingerprint density at radius 1 is 0.593 bits per heavy atom. The van der Waals surface area contributed by atoms with Crippen LogP contribution in [0, 0.1) is 0 Å². The second kappa shape index (κ2) is 41.1. The SMILES string of the molecule is CCCCCCCCCCCCC/C=C/C=C/C(=O)OC[C@H](COP(=O)(O)OCCN)OC(=O)CCCCCCCCCCCCCCCCCCCC. The van der Waals surface area contributed by atoms with Crippen LogP contribution >= 0.6 is 7.82 Å². The van der Waals surface area contributed by atoms with Crippen molar-refractivity contribution in [3.05, 3.63) is 24.3 Å². The molecule has 0 radical (unpaired) electrons. The van der Waals surface area contributed by atoms with E-state index in [0.29, 0.717) is 6.42 Å². The van der Waals surface area contributed by atoms with Crippen molar-refractivity contribution < 1.29 is 37.6 Å². The van der Waals surface area contributed by atoms with Crippen LogP contribution < -0.4 is 5.73 Å². The number of phosphoric ester groups is 1. The largest absolute Gasteiger partial charge is 0.472 e. The summed E-state index contributed by atoms with van der Waals surface area (Å²) < 4.78 is 32.6. The molecule has 0 aliphatic rings. The quantitative estimate of drug-likeness (QED) is 0.0204. The number of carbonyl (C=O) groups is 2. The summed E-state index contributed by atoms with van der Waals surface area (Å²) in [5, 5.41) is 0. The highest BCUT2D eigenvalue weighted by molar-refractivity contribution is 7.47. The molecule has 10 heteroatoms. The first-order valence-corrected chi connectivity index (χ1v) is 23.9. The molecule has 0 saturated carbocycles. The topological polar surface area (TPSA) is 134 Å². The highest BCUT2D eigenvalue weighted by Crippen LogP contribution is 2.43. The minimum atomic E-state index is -4.39. The van der Waals surface area contributed by atoms with Gasteiger partial charge in [0.2, 0.25) is 0 Å². The van der Waals surface area contributed by atoms with Gasteiger partial charge in [0.1, 0.15) is 6.61 Å². The molecule has 0 rings (SSSR count). The van der Waals surface area contributed by atoms with Crippen LogP contribution in [0.2, 0.25) is 0 Å². The molecule has 0 aromatic rings. The number of hydrogen-bond donors (Lipinski definition) is 2. The lowest BCUT2D eigenvalue weighted by atomic mass is 10.0. The number of phosphoric acid groups is 1. The fourth-order valence-corrected chi connectivity index (χ4v) is 7.14. The lowest BCUT2D eigenvalue weighted by Crippen LogP contribution is -2.29. The van der Waals surface area contributed by atoms with E-state index >= 15 is 0 Å². The number of allylic oxidation sites excluding steroid dienone is 3. The molecular formula is C44H84NO8P. The van der Waals surface area contributed by atoms with Crippen molar-refractivity contribution in [3.8, 4) is 0 Å². The summed E-state index contributed by atoms with van der Waals surface area (Å²) >= 11 is 0. The summed E-state index contributed by atoms with van der Waals surface area (Å²) in [6.45, 7) is 3.63. The molecule has 2 atom stereocenters. The molecule has 54 heavy (non-hydrogen) atoms. The van der Waals surface area contributed by atoms with Crippen LogP contribution in [-0.2, 0) is 32.7 Å². The van der Waals surface area contributed by atoms with E-state index in [2.05, 4.69) is 13.8 Å². The Morgan fingerprint density at radius 3 is 1.46 bits per heavy atom. The van der Waals surface area contributed by atoms with Gasteiger partial charge in [-0.2, -0.15) is 0 Å². The second-order valence-electron chi connectivity index (χ2n) is 15.0. The zero-order chi connectivity index (χ0) is 39.6. The predicted octanol–water partition coefficient (Wildman–Crippen LogP) is 12.8. The smallest absolute Gasteiger partial charge is 0.458 e. The molecule has 0 fully saturated rings. The Labute approximate surface area is 332 Å². The Morgan fingerprint density at radius 2 is 1.02 bits per heavy atom. The van der Waals surface area contributed by atoms with E-state index in [9.17, 15) is 19.0 Å². The van der Waals surface area contributed by atoms with Gasteiger partial charge >= 0.3 is 19.8 Å². The number of esters is 2. The molecule has 0 heterocycles. The molecule has 1 unspecified atom stereocenters. The lowest BCUT2D eigenvalue weighted by molar-refractivity contribution is -0.159. The highest BCUT2D eigenvalue weighted by Gasteiger charge is 2.25. The zero-order valence-corrected chi connectivity index (χ0v) is 35.9. The van der Waals surface area contributed by atoms with Crippen molar-refractivity contribution in [2.45, 2.75) is 219 Å². The first kappa shape index (κ1) is 52.5. The van der Waals surface area contributed by atoms with Gasteiger partial charge in [-0.1, -0.05) is 205 Å². The molecule has 0 saturated heterocycles. The van der Waals surface area contributed by atoms with Gasteiger partial charge in [-0.15, -0.1) is 0 Å². The summed E-state index contributed by atoms with van der Waals surface area (Å²) in [5.74, 6) is -1.07. The molecule has 0 aromatic carbocycles. The third-order valence-electron chi connectivity index (χ3n) is 9.69. The summed E-state index contributed by atoms with van der Waals surface area (Å²) in [6.07, 6.45) is 44.1. The molecule has 0 bridgehead atoms. The second-order valence-corrected chi connectivity index (χ2v) is 16.5. The van der Waals surface area contributed by atoms with Crippen molar-refractivity contribution in [2.75, 3.05) is 26.4 Å². The Bertz CT molecular complexity index is 944. The van der Waals surface area contributed by atoms with Gasteiger partial charge in [0.25, 0.3) is 0 Å². The van der Waals surface area contributed by atoms with Crippen molar-refractivity contribution >= 4 is 19.8 Å². The molecule has 318 valence electrons. The maximum atomic E-state index is 12.6. The standard InChI is InChI=1S/C44H84NO8P/c1-3-5-7-9-11-13-15-17-19-20-21-23-25-27-29-31-33-35-37-44(47)53-42(41-52-54(48,49)51-39-38-45)40-50-43(46)36-34-32-30-28-26-24-22-18-16-14-12-10-8-6-4-2/h30,32,34,36,42H,3-29,31,33,35,37-41,45H2,1-2H3,(H,48,49)/b32-30+,36-34+/t42-/m1/s1. The number of rotatable bonds is 42. The van der Waals surface area contributed by atoms with Crippen LogP contribution in [0.4, 0.5) is 0 Å². The van der Waals surface area contributed by atoms with E-state index in [1.54, 1.807) is 6.08 Å². The van der Waals surface area contributed by atoms with Crippen LogP contribution in [0.5, 0.6) is 0 Å². The number of unbranched alkanes of at least 4 members (excludes halogenated alkanes) is 28. The first-order valence-electron chi connectivity index (χ1n) is 22.4. The average Bonchev–Trinajstić information content (AvgIpc) is 3.16. The van der Waals surface area contributed by atoms with Crippen LogP contribution in [0.15, 0.2) is 24.3 Å². The highest BCUT2D eigenvalue weighted by atomic mass is 31.2. The van der Waals surface area contributed by atoms with Gasteiger partial charge in [-0.05, 0) is 19.3 Å². The van der Waals surface area contributed by atoms with Gasteiger partial charge < -0.3 is 20.1 Å². The summed E-state index contributed by atoms with van der Waals surface area (Å²) in [5.41, 5.74) is 5.34. The van der Waals surface area contributed by atoms with E-state index in [4.69, 9.17) is 24.3 Å². The fraction of sp³-hybridized carbons (Fsp3) is 0.864. The number of hydrogen-bond acceptors (Lipinski definition) is 8. The third-order valence-corrected chi connectivity index (χ3v) is 10.7. The van der Waals surface area contributed by atoms with Gasteiger partial charge in [0.05, 0.1) is 13.2 Å². The molecule has 0 aliphatic heterocycles. The van der Waals surface area contributed by atoms with Crippen molar-refractivity contribution in [1.29, 1.82) is 0 Å². The Hall–Kier alpha value is -1.51. The predicted molar refractivity (Wildman–Crippen MR) is 224 cm³/mol. The number of ether oxygens (including phenoxy) is 2. The van der Waals surface area contributed by atoms with E-state index in [1.165, 1.54) is 160 Å². The van der Waals surface area contributed by atoms with E-state index in [-0.39, 0.29) is 26.2 Å². The molecule has 3 N–H and O–H groups in total. The number of nitrogens with two attached hydrogens (primary N) is 1. The first-order chi connectivity index (χ1) is 26.3. The van der Waals surface area contributed by atoms with E-state index < -0.39 is 32.5 Å². The monoisotopic (exact) mass is 786 g/mol. The van der Waals surface area contributed by atoms with Crippen LogP contribution in [0.25, 0.3) is 0 Å². The molecular weight excluding hydrogens is 701 g/mol. The summed E-state index contributed by atoms with van der Waals surface area (Å²) in [7, 11) is -4.39. The molecule has 0 amide bonds. The molecule has 0 spiro atoms. The zero-order valence-electron chi connectivity index (χ0n) is 35.0. The van der Waals surface area contributed by atoms with E-state index in [1.807, 2.05) is 12.2 Å². The normalized spacial score (nSPS) is 13.5. The lowest BCUT2D eigenvalue weighted by Gasteiger charge is -2.19. The fourth-order valence-electron chi connectivity index (χ4n) is 6.37. The van der Waals surface area contributed by atoms with Gasteiger partial charge in [0.15, 0.2) is 6.10 Å². The van der Waals surface area contributed by atoms with E-state index in [0.717, 1.165) is 32.1 Å². The molecule has 0 aliphatic carbocycles. The van der Waals surface area contributed by atoms with Crippen molar-refractivity contribution in [3.63, 3.8) is 0 Å². The molecule has 9 nitrogen and oxygen atoms in total. The summed E-state index contributed by atoms with van der Waals surface area (Å²) in [4.78, 5) is 34.7. The minimum absolute atomic E-state index is 0.0451. The van der Waals surface area contributed by atoms with Crippen LogP contribution in [0.1, 0.15) is 213 Å². The average molecular weight is 786 g/mol. The maximum Gasteiger partial charge on any atom is 0.472 e. The van der Waals surface area contributed by atoms with Gasteiger partial charge in [0, 0.05) is 19.0 Å². The van der Waals surface area contributed by atoms with Gasteiger partial charge in [-0.25, -0.2) is 9.36 Å². The molecule has 0 aromatic heterocycles. The van der Waals surface area contributed by atoms with Gasteiger partial charge in [-0.3, -0.25) is 13.8 Å². The Balaban J connectivity index is 4.19.